The van der Waals surface area contributed by atoms with Crippen molar-refractivity contribution in [3.63, 3.8) is 0 Å². The van der Waals surface area contributed by atoms with Crippen molar-refractivity contribution in [1.29, 1.82) is 0 Å². The Morgan fingerprint density at radius 2 is 1.62 bits per heavy atom. The zero-order chi connectivity index (χ0) is 10.0. The molecule has 2 N–H and O–H groups in total. The number of ether oxygens (including phenoxy) is 3. The van der Waals surface area contributed by atoms with Crippen LogP contribution in [0.5, 0.6) is 0 Å². The summed E-state index contributed by atoms with van der Waals surface area (Å²) in [4.78, 5) is 0. The Morgan fingerprint density at radius 1 is 1.08 bits per heavy atom. The van der Waals surface area contributed by atoms with Crippen LogP contribution in [0.1, 0.15) is 6.92 Å². The summed E-state index contributed by atoms with van der Waals surface area (Å²) < 4.78 is 15.2. The van der Waals surface area contributed by atoms with Crippen LogP contribution in [-0.4, -0.2) is 55.1 Å². The Bertz CT molecular complexity index is 163. The molecule has 0 radical (unpaired) electrons. The van der Waals surface area contributed by atoms with Crippen molar-refractivity contribution in [3.8, 4) is 0 Å². The molecule has 78 valence electrons. The van der Waals surface area contributed by atoms with Crippen molar-refractivity contribution in [2.45, 2.75) is 37.6 Å². The van der Waals surface area contributed by atoms with E-state index in [1.807, 2.05) is 0 Å². The first kappa shape index (κ1) is 10.9. The van der Waals surface area contributed by atoms with Gasteiger partial charge in [0.25, 0.3) is 0 Å². The van der Waals surface area contributed by atoms with Crippen LogP contribution in [-0.2, 0) is 14.2 Å². The highest BCUT2D eigenvalue weighted by Gasteiger charge is 2.43. The second-order valence-corrected chi connectivity index (χ2v) is 3.12. The molecule has 1 aliphatic rings. The Balaban J connectivity index is 2.71. The fraction of sp³-hybridized carbons (Fsp3) is 1.00. The van der Waals surface area contributed by atoms with Gasteiger partial charge in [-0.25, -0.2) is 0 Å². The van der Waals surface area contributed by atoms with Gasteiger partial charge in [0.15, 0.2) is 6.29 Å². The lowest BCUT2D eigenvalue weighted by atomic mass is 10.00. The Kier molecular flexibility index (Phi) is 3.63. The Morgan fingerprint density at radius 3 is 2.08 bits per heavy atom. The first-order chi connectivity index (χ1) is 6.11. The highest BCUT2D eigenvalue weighted by molar-refractivity contribution is 4.88. The minimum Gasteiger partial charge on any atom is -0.385 e. The van der Waals surface area contributed by atoms with Crippen molar-refractivity contribution in [2.75, 3.05) is 14.2 Å². The molecule has 5 atom stereocenters. The summed E-state index contributed by atoms with van der Waals surface area (Å²) in [6, 6.07) is 0. The third kappa shape index (κ3) is 2.00. The highest BCUT2D eigenvalue weighted by atomic mass is 16.7. The predicted octanol–water partition coefficient (Wildman–Crippen LogP) is -0.886. The number of hydrogen-bond acceptors (Lipinski definition) is 5. The normalized spacial score (nSPS) is 46.4. The lowest BCUT2D eigenvalue weighted by molar-refractivity contribution is -0.286. The van der Waals surface area contributed by atoms with E-state index in [1.165, 1.54) is 14.2 Å². The van der Waals surface area contributed by atoms with Gasteiger partial charge in [-0.3, -0.25) is 0 Å². The van der Waals surface area contributed by atoms with Gasteiger partial charge < -0.3 is 24.4 Å². The van der Waals surface area contributed by atoms with E-state index in [2.05, 4.69) is 0 Å². The van der Waals surface area contributed by atoms with Crippen molar-refractivity contribution in [3.05, 3.63) is 0 Å². The molecule has 0 spiro atoms. The number of methoxy groups -OCH3 is 2. The van der Waals surface area contributed by atoms with Crippen LogP contribution in [0, 0.1) is 0 Å². The number of rotatable bonds is 2. The van der Waals surface area contributed by atoms with Crippen molar-refractivity contribution < 1.29 is 24.4 Å². The van der Waals surface area contributed by atoms with Crippen LogP contribution in [0.3, 0.4) is 0 Å². The molecule has 1 fully saturated rings. The van der Waals surface area contributed by atoms with Gasteiger partial charge in [-0.2, -0.15) is 0 Å². The number of aliphatic hydroxyl groups excluding tert-OH is 2. The molecule has 1 rings (SSSR count). The molecule has 5 heteroatoms. The minimum absolute atomic E-state index is 0.298. The van der Waals surface area contributed by atoms with Gasteiger partial charge in [0.1, 0.15) is 18.3 Å². The second kappa shape index (κ2) is 4.34. The Hall–Kier alpha value is -0.200. The van der Waals surface area contributed by atoms with Crippen LogP contribution >= 0.6 is 0 Å². The summed E-state index contributed by atoms with van der Waals surface area (Å²) in [5, 5.41) is 18.7. The maximum Gasteiger partial charge on any atom is 0.183 e. The minimum atomic E-state index is -1.20. The van der Waals surface area contributed by atoms with Crippen LogP contribution in [0.25, 0.3) is 0 Å². The molecule has 13 heavy (non-hydrogen) atoms. The van der Waals surface area contributed by atoms with Crippen LogP contribution in [0.4, 0.5) is 0 Å². The molecule has 1 heterocycles. The standard InChI is InChI=1S/C8H16O5/c1-4-6(11-2)7(12-3)5(9)8(10)13-4/h4-10H,1-3H3/t4-,5-,6-,7-,8?/m1/s1. The molecule has 0 aromatic heterocycles. The lowest BCUT2D eigenvalue weighted by Gasteiger charge is -2.40. The summed E-state index contributed by atoms with van der Waals surface area (Å²) in [7, 11) is 2.98. The maximum atomic E-state index is 9.48. The van der Waals surface area contributed by atoms with E-state index in [-0.39, 0.29) is 12.2 Å². The SMILES string of the molecule is CO[C@H]1[C@H](OC)[C@@H](O)C(O)O[C@@H]1C. The predicted molar refractivity (Wildman–Crippen MR) is 44.2 cm³/mol. The summed E-state index contributed by atoms with van der Waals surface area (Å²) in [5.74, 6) is 0. The van der Waals surface area contributed by atoms with Crippen molar-refractivity contribution in [1.82, 2.24) is 0 Å². The molecule has 5 nitrogen and oxygen atoms in total. The smallest absolute Gasteiger partial charge is 0.183 e. The lowest BCUT2D eigenvalue weighted by Crippen LogP contribution is -2.57. The maximum absolute atomic E-state index is 9.48. The molecule has 1 unspecified atom stereocenters. The van der Waals surface area contributed by atoms with Crippen molar-refractivity contribution in [2.24, 2.45) is 0 Å². The molecule has 0 amide bonds. The third-order valence-electron chi connectivity index (χ3n) is 2.31. The quantitative estimate of drug-likeness (QED) is 0.594. The monoisotopic (exact) mass is 192 g/mol. The summed E-state index contributed by atoms with van der Waals surface area (Å²) in [6.45, 7) is 1.76. The van der Waals surface area contributed by atoms with E-state index in [0.29, 0.717) is 0 Å². The molecule has 0 bridgehead atoms. The second-order valence-electron chi connectivity index (χ2n) is 3.12. The van der Waals surface area contributed by atoms with E-state index in [0.717, 1.165) is 0 Å². The molecule has 0 aromatic carbocycles. The summed E-state index contributed by atoms with van der Waals surface area (Å²) >= 11 is 0. The topological polar surface area (TPSA) is 68.2 Å². The molecular formula is C8H16O5. The van der Waals surface area contributed by atoms with E-state index < -0.39 is 18.5 Å². The first-order valence-electron chi connectivity index (χ1n) is 4.19. The fourth-order valence-electron chi connectivity index (χ4n) is 1.60. The average molecular weight is 192 g/mol. The molecule has 0 aliphatic carbocycles. The largest absolute Gasteiger partial charge is 0.385 e. The summed E-state index contributed by atoms with van der Waals surface area (Å²) in [6.07, 6.45) is -3.47. The van der Waals surface area contributed by atoms with Gasteiger partial charge in [-0.1, -0.05) is 0 Å². The van der Waals surface area contributed by atoms with Crippen molar-refractivity contribution >= 4 is 0 Å². The number of aliphatic hydroxyl groups is 2. The van der Waals surface area contributed by atoms with E-state index >= 15 is 0 Å². The number of hydrogen-bond donors (Lipinski definition) is 2. The van der Waals surface area contributed by atoms with Gasteiger partial charge in [0.2, 0.25) is 0 Å². The van der Waals surface area contributed by atoms with Gasteiger partial charge in [0.05, 0.1) is 6.10 Å². The zero-order valence-electron chi connectivity index (χ0n) is 8.01. The molecular weight excluding hydrogens is 176 g/mol. The highest BCUT2D eigenvalue weighted by Crippen LogP contribution is 2.23. The van der Waals surface area contributed by atoms with Crippen LogP contribution in [0.15, 0.2) is 0 Å². The zero-order valence-corrected chi connectivity index (χ0v) is 8.01. The average Bonchev–Trinajstić information content (AvgIpc) is 2.10. The van der Waals surface area contributed by atoms with Gasteiger partial charge in [0, 0.05) is 14.2 Å². The third-order valence-corrected chi connectivity index (χ3v) is 2.31. The molecule has 0 saturated carbocycles. The molecule has 1 aliphatic heterocycles. The van der Waals surface area contributed by atoms with E-state index in [4.69, 9.17) is 14.2 Å². The van der Waals surface area contributed by atoms with E-state index in [9.17, 15) is 10.2 Å². The molecule has 0 aromatic rings. The van der Waals surface area contributed by atoms with E-state index in [1.54, 1.807) is 6.92 Å². The Labute approximate surface area is 77.2 Å². The van der Waals surface area contributed by atoms with Crippen LogP contribution in [0.2, 0.25) is 0 Å². The summed E-state index contributed by atoms with van der Waals surface area (Å²) in [5.41, 5.74) is 0. The van der Waals surface area contributed by atoms with Gasteiger partial charge in [-0.15, -0.1) is 0 Å². The van der Waals surface area contributed by atoms with Gasteiger partial charge >= 0.3 is 0 Å². The van der Waals surface area contributed by atoms with Crippen LogP contribution < -0.4 is 0 Å². The first-order valence-corrected chi connectivity index (χ1v) is 4.19. The molecule has 1 saturated heterocycles. The fourth-order valence-corrected chi connectivity index (χ4v) is 1.60. The van der Waals surface area contributed by atoms with Gasteiger partial charge in [-0.05, 0) is 6.92 Å².